The van der Waals surface area contributed by atoms with Gasteiger partial charge < -0.3 is 10.1 Å². The molecule has 1 heterocycles. The van der Waals surface area contributed by atoms with E-state index in [0.717, 1.165) is 32.1 Å². The molecule has 1 N–H and O–H groups in total. The van der Waals surface area contributed by atoms with Crippen molar-refractivity contribution in [3.05, 3.63) is 16.4 Å². The fraction of sp³-hybridized carbons (Fsp3) is 0.636. The Hall–Kier alpha value is -0.580. The average Bonchev–Trinajstić information content (AvgIpc) is 3.11. The van der Waals surface area contributed by atoms with Gasteiger partial charge in [0.05, 0.1) is 5.69 Å². The molecule has 0 bridgehead atoms. The van der Waals surface area contributed by atoms with E-state index in [1.54, 1.807) is 6.07 Å². The van der Waals surface area contributed by atoms with E-state index in [-0.39, 0.29) is 0 Å². The molecule has 0 amide bonds. The van der Waals surface area contributed by atoms with E-state index in [1.807, 2.05) is 0 Å². The summed E-state index contributed by atoms with van der Waals surface area (Å²) in [5.74, 6) is 0.820. The van der Waals surface area contributed by atoms with E-state index in [1.165, 1.54) is 12.8 Å². The third kappa shape index (κ3) is 4.66. The van der Waals surface area contributed by atoms with Gasteiger partial charge in [-0.15, -0.1) is 10.2 Å². The molecule has 2 rings (SSSR count). The highest BCUT2D eigenvalue weighted by Crippen LogP contribution is 2.28. The predicted molar refractivity (Wildman–Crippen MR) is 68.7 cm³/mol. The first-order valence-corrected chi connectivity index (χ1v) is 6.51. The van der Waals surface area contributed by atoms with Gasteiger partial charge in [0, 0.05) is 25.8 Å². The minimum atomic E-state index is 0.335. The number of ether oxygens (including phenoxy) is 1. The number of aromatic nitrogens is 2. The van der Waals surface area contributed by atoms with Crippen molar-refractivity contribution in [2.45, 2.75) is 19.3 Å². The van der Waals surface area contributed by atoms with Crippen LogP contribution < -0.4 is 5.32 Å². The second-order valence-electron chi connectivity index (χ2n) is 4.17. The average molecular weight is 276 g/mol. The van der Waals surface area contributed by atoms with Gasteiger partial charge in [0.2, 0.25) is 0 Å². The number of halogens is 2. The number of hydrogen-bond acceptors (Lipinski definition) is 4. The van der Waals surface area contributed by atoms with Crippen molar-refractivity contribution in [3.63, 3.8) is 0 Å². The third-order valence-corrected chi connectivity index (χ3v) is 3.01. The molecule has 0 aromatic carbocycles. The van der Waals surface area contributed by atoms with E-state index in [0.29, 0.717) is 16.0 Å². The Kier molecular flexibility index (Phi) is 4.83. The molecule has 0 radical (unpaired) electrons. The molecule has 6 heteroatoms. The van der Waals surface area contributed by atoms with Gasteiger partial charge in [-0.3, -0.25) is 0 Å². The van der Waals surface area contributed by atoms with Crippen molar-refractivity contribution >= 4 is 28.9 Å². The van der Waals surface area contributed by atoms with E-state index >= 15 is 0 Å². The molecule has 1 fully saturated rings. The quantitative estimate of drug-likeness (QED) is 0.778. The van der Waals surface area contributed by atoms with Crippen LogP contribution in [-0.2, 0) is 4.74 Å². The maximum Gasteiger partial charge on any atom is 0.174 e. The minimum absolute atomic E-state index is 0.335. The van der Waals surface area contributed by atoms with Gasteiger partial charge >= 0.3 is 0 Å². The van der Waals surface area contributed by atoms with Crippen LogP contribution in [-0.4, -0.2) is 30.0 Å². The van der Waals surface area contributed by atoms with Crippen LogP contribution >= 0.6 is 23.2 Å². The lowest BCUT2D eigenvalue weighted by molar-refractivity contribution is 0.124. The Morgan fingerprint density at radius 2 is 2.18 bits per heavy atom. The molecular weight excluding hydrogens is 261 g/mol. The Balaban J connectivity index is 1.61. The molecule has 1 aromatic heterocycles. The molecule has 0 atom stereocenters. The molecule has 94 valence electrons. The summed E-state index contributed by atoms with van der Waals surface area (Å²) in [6, 6.07) is 1.67. The Labute approximate surface area is 111 Å². The van der Waals surface area contributed by atoms with Crippen LogP contribution in [0.3, 0.4) is 0 Å². The van der Waals surface area contributed by atoms with Crippen molar-refractivity contribution in [2.75, 3.05) is 25.1 Å². The molecule has 17 heavy (non-hydrogen) atoms. The Morgan fingerprint density at radius 1 is 1.35 bits per heavy atom. The molecule has 0 spiro atoms. The first-order chi connectivity index (χ1) is 8.25. The van der Waals surface area contributed by atoms with Crippen molar-refractivity contribution in [2.24, 2.45) is 5.92 Å². The van der Waals surface area contributed by atoms with Gasteiger partial charge in [-0.05, 0) is 25.2 Å². The zero-order valence-electron chi connectivity index (χ0n) is 9.46. The lowest BCUT2D eigenvalue weighted by Gasteiger charge is -2.07. The Bertz CT molecular complexity index is 372. The van der Waals surface area contributed by atoms with Crippen molar-refractivity contribution in [1.29, 1.82) is 0 Å². The van der Waals surface area contributed by atoms with Gasteiger partial charge in [-0.1, -0.05) is 23.2 Å². The summed E-state index contributed by atoms with van der Waals surface area (Å²) in [7, 11) is 0. The summed E-state index contributed by atoms with van der Waals surface area (Å²) < 4.78 is 5.52. The first kappa shape index (κ1) is 12.9. The van der Waals surface area contributed by atoms with Crippen molar-refractivity contribution in [3.8, 4) is 0 Å². The summed E-state index contributed by atoms with van der Waals surface area (Å²) in [5.41, 5.74) is 0.717. The molecule has 1 aromatic rings. The summed E-state index contributed by atoms with van der Waals surface area (Å²) >= 11 is 11.6. The van der Waals surface area contributed by atoms with Crippen LogP contribution in [0.1, 0.15) is 19.3 Å². The standard InChI is InChI=1S/C11H15Cl2N3O/c12-10-6-9(11(13)16-15-10)14-4-1-5-17-7-8-2-3-8/h6,8H,1-5,7H2,(H,14,15). The largest absolute Gasteiger partial charge is 0.382 e. The normalized spacial score (nSPS) is 14.9. The van der Waals surface area contributed by atoms with Gasteiger partial charge in [0.1, 0.15) is 0 Å². The first-order valence-electron chi connectivity index (χ1n) is 5.76. The van der Waals surface area contributed by atoms with E-state index in [9.17, 15) is 0 Å². The van der Waals surface area contributed by atoms with Gasteiger partial charge in [-0.25, -0.2) is 0 Å². The van der Waals surface area contributed by atoms with E-state index in [4.69, 9.17) is 27.9 Å². The summed E-state index contributed by atoms with van der Waals surface area (Å²) in [4.78, 5) is 0. The maximum absolute atomic E-state index is 5.86. The zero-order valence-corrected chi connectivity index (χ0v) is 11.0. The maximum atomic E-state index is 5.86. The lowest BCUT2D eigenvalue weighted by Crippen LogP contribution is -2.07. The van der Waals surface area contributed by atoms with Crippen LogP contribution in [0.15, 0.2) is 6.07 Å². The number of nitrogens with one attached hydrogen (secondary N) is 1. The summed E-state index contributed by atoms with van der Waals surface area (Å²) in [6.45, 7) is 2.46. The molecule has 0 saturated heterocycles. The van der Waals surface area contributed by atoms with Crippen molar-refractivity contribution < 1.29 is 4.74 Å². The molecule has 0 aliphatic heterocycles. The fourth-order valence-electron chi connectivity index (χ4n) is 1.41. The molecule has 0 unspecified atom stereocenters. The number of anilines is 1. The number of nitrogens with zero attached hydrogens (tertiary/aromatic N) is 2. The minimum Gasteiger partial charge on any atom is -0.382 e. The predicted octanol–water partition coefficient (Wildman–Crippen LogP) is 3.01. The van der Waals surface area contributed by atoms with Crippen LogP contribution in [0.5, 0.6) is 0 Å². The van der Waals surface area contributed by atoms with Crippen molar-refractivity contribution in [1.82, 2.24) is 10.2 Å². The smallest absolute Gasteiger partial charge is 0.174 e. The highest BCUT2D eigenvalue weighted by atomic mass is 35.5. The molecule has 4 nitrogen and oxygen atoms in total. The highest BCUT2D eigenvalue weighted by Gasteiger charge is 2.20. The highest BCUT2D eigenvalue weighted by molar-refractivity contribution is 6.33. The molecule has 1 aliphatic carbocycles. The summed E-state index contributed by atoms with van der Waals surface area (Å²) in [5, 5.41) is 11.2. The topological polar surface area (TPSA) is 47.0 Å². The SMILES string of the molecule is Clc1cc(NCCCOCC2CC2)c(Cl)nn1. The number of hydrogen-bond donors (Lipinski definition) is 1. The van der Waals surface area contributed by atoms with Crippen LogP contribution in [0.25, 0.3) is 0 Å². The molecular formula is C11H15Cl2N3O. The van der Waals surface area contributed by atoms with Crippen LogP contribution in [0.4, 0.5) is 5.69 Å². The monoisotopic (exact) mass is 275 g/mol. The van der Waals surface area contributed by atoms with Crippen LogP contribution in [0.2, 0.25) is 10.3 Å². The molecule has 1 aliphatic rings. The van der Waals surface area contributed by atoms with E-state index in [2.05, 4.69) is 15.5 Å². The fourth-order valence-corrected chi connectivity index (χ4v) is 1.71. The van der Waals surface area contributed by atoms with Gasteiger partial charge in [0.25, 0.3) is 0 Å². The number of rotatable bonds is 7. The Morgan fingerprint density at radius 3 is 2.94 bits per heavy atom. The zero-order chi connectivity index (χ0) is 12.1. The molecule has 1 saturated carbocycles. The van der Waals surface area contributed by atoms with Crippen LogP contribution in [0, 0.1) is 5.92 Å². The second kappa shape index (κ2) is 6.38. The lowest BCUT2D eigenvalue weighted by atomic mass is 10.4. The third-order valence-electron chi connectivity index (χ3n) is 2.55. The summed E-state index contributed by atoms with van der Waals surface area (Å²) in [6.07, 6.45) is 3.59. The van der Waals surface area contributed by atoms with E-state index < -0.39 is 0 Å². The van der Waals surface area contributed by atoms with Gasteiger partial charge in [0.15, 0.2) is 10.3 Å². The van der Waals surface area contributed by atoms with Gasteiger partial charge in [-0.2, -0.15) is 0 Å². The second-order valence-corrected chi connectivity index (χ2v) is 4.92.